The van der Waals surface area contributed by atoms with Crippen LogP contribution in [0.4, 0.5) is 4.79 Å². The van der Waals surface area contributed by atoms with E-state index in [4.69, 9.17) is 14.2 Å². The molecule has 1 aliphatic heterocycles. The van der Waals surface area contributed by atoms with E-state index in [1.165, 1.54) is 0 Å². The smallest absolute Gasteiger partial charge is 0.411 e. The van der Waals surface area contributed by atoms with E-state index in [0.29, 0.717) is 18.4 Å². The molecule has 0 aliphatic carbocycles. The van der Waals surface area contributed by atoms with Gasteiger partial charge in [-0.2, -0.15) is 0 Å². The molecule has 0 aromatic carbocycles. The summed E-state index contributed by atoms with van der Waals surface area (Å²) in [6, 6.07) is 0. The van der Waals surface area contributed by atoms with Gasteiger partial charge >= 0.3 is 18.0 Å². The minimum atomic E-state index is -1.88. The SMILES string of the molecule is CCCC/C=C1\CCN(C(=O)OCC)C1(C(=O)OCC)C(=O)OCC. The Labute approximate surface area is 149 Å². The van der Waals surface area contributed by atoms with Crippen molar-refractivity contribution in [3.8, 4) is 0 Å². The lowest BCUT2D eigenvalue weighted by molar-refractivity contribution is -0.168. The highest BCUT2D eigenvalue weighted by Gasteiger charge is 2.62. The average Bonchev–Trinajstić information content (AvgIpc) is 2.96. The van der Waals surface area contributed by atoms with Gasteiger partial charge in [0.1, 0.15) is 0 Å². The summed E-state index contributed by atoms with van der Waals surface area (Å²) in [5.74, 6) is -1.58. The summed E-state index contributed by atoms with van der Waals surface area (Å²) in [6.45, 7) is 7.57. The topological polar surface area (TPSA) is 82.1 Å². The number of unbranched alkanes of at least 4 members (excludes halogenated alkanes) is 2. The summed E-state index contributed by atoms with van der Waals surface area (Å²) in [5, 5.41) is 0. The summed E-state index contributed by atoms with van der Waals surface area (Å²) in [5.41, 5.74) is -1.34. The summed E-state index contributed by atoms with van der Waals surface area (Å²) in [7, 11) is 0. The number of amides is 1. The number of likely N-dealkylation sites (tertiary alicyclic amines) is 1. The molecule has 1 amide bonds. The lowest BCUT2D eigenvalue weighted by atomic mass is 9.89. The van der Waals surface area contributed by atoms with Gasteiger partial charge < -0.3 is 14.2 Å². The molecule has 142 valence electrons. The number of allylic oxidation sites excluding steroid dienone is 1. The van der Waals surface area contributed by atoms with Crippen LogP contribution < -0.4 is 0 Å². The minimum Gasteiger partial charge on any atom is -0.464 e. The van der Waals surface area contributed by atoms with Gasteiger partial charge in [0.15, 0.2) is 0 Å². The second-order valence-electron chi connectivity index (χ2n) is 5.62. The van der Waals surface area contributed by atoms with Crippen LogP contribution in [0.15, 0.2) is 11.6 Å². The molecular formula is C18H29NO6. The molecule has 1 rings (SSSR count). The minimum absolute atomic E-state index is 0.0961. The standard InChI is InChI=1S/C18H29NO6/c1-5-9-10-11-14-12-13-19(17(22)25-8-4)18(14,15(20)23-6-2)16(21)24-7-3/h11H,5-10,12-13H2,1-4H3/b14-11+. The first kappa shape index (κ1) is 21.0. The van der Waals surface area contributed by atoms with Crippen LogP contribution in [-0.2, 0) is 23.8 Å². The number of nitrogens with zero attached hydrogens (tertiary/aromatic N) is 1. The number of carbonyl (C=O) groups is 3. The monoisotopic (exact) mass is 355 g/mol. The van der Waals surface area contributed by atoms with Crippen molar-refractivity contribution in [1.29, 1.82) is 0 Å². The van der Waals surface area contributed by atoms with Gasteiger partial charge in [0.05, 0.1) is 19.8 Å². The van der Waals surface area contributed by atoms with E-state index in [0.717, 1.165) is 17.7 Å². The van der Waals surface area contributed by atoms with E-state index in [2.05, 4.69) is 6.92 Å². The fourth-order valence-electron chi connectivity index (χ4n) is 2.95. The molecule has 1 heterocycles. The quantitative estimate of drug-likeness (QED) is 0.219. The van der Waals surface area contributed by atoms with Crippen molar-refractivity contribution in [3.63, 3.8) is 0 Å². The Morgan fingerprint density at radius 2 is 1.56 bits per heavy atom. The Kier molecular flexibility index (Phi) is 8.45. The first-order valence-corrected chi connectivity index (χ1v) is 8.98. The molecule has 1 saturated heterocycles. The molecule has 1 aliphatic rings. The molecule has 25 heavy (non-hydrogen) atoms. The molecule has 0 unspecified atom stereocenters. The van der Waals surface area contributed by atoms with Crippen molar-refractivity contribution < 1.29 is 28.6 Å². The molecule has 0 N–H and O–H groups in total. The zero-order valence-electron chi connectivity index (χ0n) is 15.6. The number of carbonyl (C=O) groups excluding carboxylic acids is 3. The fourth-order valence-corrected chi connectivity index (χ4v) is 2.95. The molecule has 7 nitrogen and oxygen atoms in total. The first-order chi connectivity index (χ1) is 12.0. The summed E-state index contributed by atoms with van der Waals surface area (Å²) in [6.07, 6.45) is 4.16. The van der Waals surface area contributed by atoms with Gasteiger partial charge in [0, 0.05) is 6.54 Å². The number of rotatable bonds is 8. The van der Waals surface area contributed by atoms with Crippen LogP contribution in [0.2, 0.25) is 0 Å². The maximum atomic E-state index is 12.8. The highest BCUT2D eigenvalue weighted by Crippen LogP contribution is 2.38. The molecule has 0 spiro atoms. The zero-order chi connectivity index (χ0) is 18.9. The van der Waals surface area contributed by atoms with Gasteiger partial charge in [-0.25, -0.2) is 14.4 Å². The maximum absolute atomic E-state index is 12.8. The predicted molar refractivity (Wildman–Crippen MR) is 92.0 cm³/mol. The van der Waals surface area contributed by atoms with Gasteiger partial charge in [-0.05, 0) is 39.2 Å². The zero-order valence-corrected chi connectivity index (χ0v) is 15.6. The second-order valence-corrected chi connectivity index (χ2v) is 5.62. The predicted octanol–water partition coefficient (Wildman–Crippen LogP) is 2.83. The van der Waals surface area contributed by atoms with Gasteiger partial charge in [-0.1, -0.05) is 25.8 Å². The van der Waals surface area contributed by atoms with E-state index in [1.54, 1.807) is 20.8 Å². The largest absolute Gasteiger partial charge is 0.464 e. The van der Waals surface area contributed by atoms with Crippen molar-refractivity contribution in [1.82, 2.24) is 4.90 Å². The summed E-state index contributed by atoms with van der Waals surface area (Å²) >= 11 is 0. The van der Waals surface area contributed by atoms with Crippen LogP contribution in [-0.4, -0.2) is 54.8 Å². The average molecular weight is 355 g/mol. The molecule has 7 heteroatoms. The molecule has 0 bridgehead atoms. The molecule has 1 fully saturated rings. The van der Waals surface area contributed by atoms with Crippen molar-refractivity contribution in [2.45, 2.75) is 58.9 Å². The van der Waals surface area contributed by atoms with Crippen LogP contribution in [0.1, 0.15) is 53.4 Å². The molecule has 0 radical (unpaired) electrons. The van der Waals surface area contributed by atoms with Crippen LogP contribution >= 0.6 is 0 Å². The molecule has 0 aromatic rings. The Bertz CT molecular complexity index is 496. The first-order valence-electron chi connectivity index (χ1n) is 8.98. The van der Waals surface area contributed by atoms with Crippen molar-refractivity contribution in [2.24, 2.45) is 0 Å². The van der Waals surface area contributed by atoms with Crippen LogP contribution in [0.3, 0.4) is 0 Å². The molecule has 0 atom stereocenters. The Morgan fingerprint density at radius 1 is 1.00 bits per heavy atom. The van der Waals surface area contributed by atoms with E-state index < -0.39 is 23.6 Å². The fraction of sp³-hybridized carbons (Fsp3) is 0.722. The highest BCUT2D eigenvalue weighted by molar-refractivity contribution is 6.11. The molecule has 0 aromatic heterocycles. The van der Waals surface area contributed by atoms with E-state index in [9.17, 15) is 14.4 Å². The number of hydrogen-bond donors (Lipinski definition) is 0. The normalized spacial score (nSPS) is 17.4. The Morgan fingerprint density at radius 3 is 2.04 bits per heavy atom. The molecular weight excluding hydrogens is 326 g/mol. The van der Waals surface area contributed by atoms with E-state index in [1.807, 2.05) is 6.08 Å². The number of hydrogen-bond acceptors (Lipinski definition) is 6. The Hall–Kier alpha value is -2.05. The highest BCUT2D eigenvalue weighted by atomic mass is 16.6. The molecule has 0 saturated carbocycles. The Balaban J connectivity index is 3.41. The third-order valence-corrected chi connectivity index (χ3v) is 4.05. The van der Waals surface area contributed by atoms with Crippen molar-refractivity contribution >= 4 is 18.0 Å². The van der Waals surface area contributed by atoms with Crippen LogP contribution in [0, 0.1) is 0 Å². The van der Waals surface area contributed by atoms with Gasteiger partial charge in [-0.3, -0.25) is 4.90 Å². The third-order valence-electron chi connectivity index (χ3n) is 4.05. The maximum Gasteiger partial charge on any atom is 0.411 e. The lowest BCUT2D eigenvalue weighted by Crippen LogP contribution is -2.61. The summed E-state index contributed by atoms with van der Waals surface area (Å²) in [4.78, 5) is 39.2. The lowest BCUT2D eigenvalue weighted by Gasteiger charge is -2.34. The van der Waals surface area contributed by atoms with Crippen LogP contribution in [0.5, 0.6) is 0 Å². The summed E-state index contributed by atoms with van der Waals surface area (Å²) < 4.78 is 15.4. The van der Waals surface area contributed by atoms with E-state index in [-0.39, 0.29) is 26.4 Å². The van der Waals surface area contributed by atoms with Gasteiger partial charge in [0.25, 0.3) is 5.54 Å². The van der Waals surface area contributed by atoms with Crippen molar-refractivity contribution in [2.75, 3.05) is 26.4 Å². The van der Waals surface area contributed by atoms with Gasteiger partial charge in [0.2, 0.25) is 0 Å². The number of ether oxygens (including phenoxy) is 3. The van der Waals surface area contributed by atoms with E-state index >= 15 is 0 Å². The van der Waals surface area contributed by atoms with Gasteiger partial charge in [-0.15, -0.1) is 0 Å². The van der Waals surface area contributed by atoms with Crippen molar-refractivity contribution in [3.05, 3.63) is 11.6 Å². The third kappa shape index (κ3) is 4.32. The number of esters is 2. The second kappa shape index (κ2) is 10.1. The van der Waals surface area contributed by atoms with Crippen LogP contribution in [0.25, 0.3) is 0 Å².